The maximum atomic E-state index is 11.9. The monoisotopic (exact) mass is 297 g/mol. The van der Waals surface area contributed by atoms with Crippen LogP contribution in [-0.4, -0.2) is 34.8 Å². The molecule has 0 unspecified atom stereocenters. The fourth-order valence-electron chi connectivity index (χ4n) is 1.16. The number of hydrogen-bond donors (Lipinski definition) is 1. The SMILES string of the molecule is COc1ccc([N+](=O)[O-])c(NCCSC(F)(F)F)n1. The zero-order valence-electron chi connectivity index (χ0n) is 9.73. The van der Waals surface area contributed by atoms with Crippen molar-refractivity contribution in [1.29, 1.82) is 0 Å². The molecule has 1 N–H and O–H groups in total. The Hall–Kier alpha value is -1.71. The minimum Gasteiger partial charge on any atom is -0.481 e. The lowest BCUT2D eigenvalue weighted by Crippen LogP contribution is -2.11. The number of nitrogens with zero attached hydrogens (tertiary/aromatic N) is 2. The molecule has 0 aliphatic heterocycles. The number of pyridine rings is 1. The van der Waals surface area contributed by atoms with Crippen molar-refractivity contribution in [3.05, 3.63) is 22.2 Å². The van der Waals surface area contributed by atoms with E-state index in [0.717, 1.165) is 0 Å². The number of aromatic nitrogens is 1. The van der Waals surface area contributed by atoms with Gasteiger partial charge >= 0.3 is 11.2 Å². The molecule has 0 amide bonds. The number of nitro groups is 1. The average molecular weight is 297 g/mol. The Labute approximate surface area is 110 Å². The molecule has 1 aromatic rings. The van der Waals surface area contributed by atoms with Gasteiger partial charge in [0.25, 0.3) is 0 Å². The van der Waals surface area contributed by atoms with Gasteiger partial charge in [-0.3, -0.25) is 10.1 Å². The number of nitrogens with one attached hydrogen (secondary N) is 1. The minimum atomic E-state index is -4.32. The van der Waals surface area contributed by atoms with Crippen molar-refractivity contribution in [2.24, 2.45) is 0 Å². The summed E-state index contributed by atoms with van der Waals surface area (Å²) in [5.74, 6) is -0.261. The van der Waals surface area contributed by atoms with Crippen molar-refractivity contribution in [3.63, 3.8) is 0 Å². The fraction of sp³-hybridized carbons (Fsp3) is 0.444. The van der Waals surface area contributed by atoms with Gasteiger partial charge in [-0.1, -0.05) is 0 Å². The smallest absolute Gasteiger partial charge is 0.441 e. The van der Waals surface area contributed by atoms with E-state index in [-0.39, 0.29) is 41.4 Å². The Morgan fingerprint density at radius 2 is 2.21 bits per heavy atom. The molecule has 10 heteroatoms. The molecule has 19 heavy (non-hydrogen) atoms. The van der Waals surface area contributed by atoms with Crippen LogP contribution in [0, 0.1) is 10.1 Å². The molecule has 1 heterocycles. The molecule has 6 nitrogen and oxygen atoms in total. The van der Waals surface area contributed by atoms with Gasteiger partial charge in [0.2, 0.25) is 11.7 Å². The Morgan fingerprint density at radius 3 is 2.74 bits per heavy atom. The molecule has 0 aliphatic rings. The van der Waals surface area contributed by atoms with E-state index < -0.39 is 10.4 Å². The summed E-state index contributed by atoms with van der Waals surface area (Å²) >= 11 is -0.214. The molecule has 1 rings (SSSR count). The van der Waals surface area contributed by atoms with Gasteiger partial charge in [-0.25, -0.2) is 0 Å². The highest BCUT2D eigenvalue weighted by Gasteiger charge is 2.27. The molecule has 1 aromatic heterocycles. The van der Waals surface area contributed by atoms with Crippen molar-refractivity contribution in [1.82, 2.24) is 4.98 Å². The van der Waals surface area contributed by atoms with Gasteiger partial charge in [0.05, 0.1) is 12.0 Å². The first-order valence-corrected chi connectivity index (χ1v) is 5.96. The van der Waals surface area contributed by atoms with E-state index in [9.17, 15) is 23.3 Å². The molecule has 0 atom stereocenters. The van der Waals surface area contributed by atoms with Crippen LogP contribution in [0.25, 0.3) is 0 Å². The van der Waals surface area contributed by atoms with Crippen molar-refractivity contribution in [2.75, 3.05) is 24.7 Å². The maximum Gasteiger partial charge on any atom is 0.441 e. The number of alkyl halides is 3. The Kier molecular flexibility index (Phi) is 5.21. The van der Waals surface area contributed by atoms with Crippen LogP contribution in [0.5, 0.6) is 5.88 Å². The van der Waals surface area contributed by atoms with Crippen molar-refractivity contribution in [3.8, 4) is 5.88 Å². The molecule has 0 saturated carbocycles. The summed E-state index contributed by atoms with van der Waals surface area (Å²) in [4.78, 5) is 13.8. The molecule has 0 aromatic carbocycles. The molecule has 0 fully saturated rings. The first-order chi connectivity index (χ1) is 8.83. The van der Waals surface area contributed by atoms with Crippen LogP contribution in [0.3, 0.4) is 0 Å². The molecule has 0 spiro atoms. The predicted molar refractivity (Wildman–Crippen MR) is 64.4 cm³/mol. The highest BCUT2D eigenvalue weighted by atomic mass is 32.2. The quantitative estimate of drug-likeness (QED) is 0.494. The lowest BCUT2D eigenvalue weighted by atomic mass is 10.4. The third kappa shape index (κ3) is 5.20. The summed E-state index contributed by atoms with van der Waals surface area (Å²) in [6.07, 6.45) is 0. The van der Waals surface area contributed by atoms with E-state index in [1.807, 2.05) is 0 Å². The fourth-order valence-corrected chi connectivity index (χ4v) is 1.60. The van der Waals surface area contributed by atoms with Gasteiger partial charge < -0.3 is 10.1 Å². The lowest BCUT2D eigenvalue weighted by molar-refractivity contribution is -0.384. The van der Waals surface area contributed by atoms with Gasteiger partial charge in [-0.15, -0.1) is 0 Å². The van der Waals surface area contributed by atoms with E-state index in [2.05, 4.69) is 10.3 Å². The summed E-state index contributed by atoms with van der Waals surface area (Å²) in [5, 5.41) is 13.2. The largest absolute Gasteiger partial charge is 0.481 e. The van der Waals surface area contributed by atoms with Crippen LogP contribution in [0.4, 0.5) is 24.7 Å². The molecular formula is C9H10F3N3O3S. The van der Waals surface area contributed by atoms with Crippen LogP contribution < -0.4 is 10.1 Å². The Bertz CT molecular complexity index is 456. The Morgan fingerprint density at radius 1 is 1.53 bits per heavy atom. The molecule has 0 radical (unpaired) electrons. The van der Waals surface area contributed by atoms with E-state index in [4.69, 9.17) is 4.74 Å². The number of thioether (sulfide) groups is 1. The number of anilines is 1. The van der Waals surface area contributed by atoms with E-state index >= 15 is 0 Å². The zero-order valence-corrected chi connectivity index (χ0v) is 10.5. The second-order valence-corrected chi connectivity index (χ2v) is 4.36. The molecule has 0 saturated heterocycles. The summed E-state index contributed by atoms with van der Waals surface area (Å²) in [7, 11) is 1.33. The van der Waals surface area contributed by atoms with E-state index in [1.165, 1.54) is 19.2 Å². The number of ether oxygens (including phenoxy) is 1. The molecule has 0 aliphatic carbocycles. The first kappa shape index (κ1) is 15.3. The Balaban J connectivity index is 2.67. The van der Waals surface area contributed by atoms with Gasteiger partial charge in [-0.2, -0.15) is 18.2 Å². The number of hydrogen-bond acceptors (Lipinski definition) is 6. The van der Waals surface area contributed by atoms with Crippen LogP contribution >= 0.6 is 11.8 Å². The molecule has 106 valence electrons. The van der Waals surface area contributed by atoms with Gasteiger partial charge in [0.1, 0.15) is 0 Å². The summed E-state index contributed by atoms with van der Waals surface area (Å²) < 4.78 is 40.5. The van der Waals surface area contributed by atoms with E-state index in [0.29, 0.717) is 0 Å². The van der Waals surface area contributed by atoms with E-state index in [1.54, 1.807) is 0 Å². The highest BCUT2D eigenvalue weighted by molar-refractivity contribution is 8.00. The van der Waals surface area contributed by atoms with Crippen LogP contribution in [0.1, 0.15) is 0 Å². The molecule has 0 bridgehead atoms. The minimum absolute atomic E-state index is 0.106. The number of halogens is 3. The van der Waals surface area contributed by atoms with Crippen LogP contribution in [0.2, 0.25) is 0 Å². The second-order valence-electron chi connectivity index (χ2n) is 3.20. The normalized spacial score (nSPS) is 11.2. The first-order valence-electron chi connectivity index (χ1n) is 4.97. The van der Waals surface area contributed by atoms with Crippen LogP contribution in [0.15, 0.2) is 12.1 Å². The summed E-state index contributed by atoms with van der Waals surface area (Å²) in [6, 6.07) is 2.47. The topological polar surface area (TPSA) is 77.3 Å². The third-order valence-electron chi connectivity index (χ3n) is 1.91. The van der Waals surface area contributed by atoms with Gasteiger partial charge in [0.15, 0.2) is 0 Å². The lowest BCUT2D eigenvalue weighted by Gasteiger charge is -2.08. The van der Waals surface area contributed by atoms with Crippen molar-refractivity contribution < 1.29 is 22.8 Å². The predicted octanol–water partition coefficient (Wildman–Crippen LogP) is 2.66. The summed E-state index contributed by atoms with van der Waals surface area (Å²) in [6.45, 7) is -0.106. The van der Waals surface area contributed by atoms with Gasteiger partial charge in [-0.05, 0) is 11.8 Å². The van der Waals surface area contributed by atoms with Crippen LogP contribution in [-0.2, 0) is 0 Å². The third-order valence-corrected chi connectivity index (χ3v) is 2.65. The highest BCUT2D eigenvalue weighted by Crippen LogP contribution is 2.30. The molecular weight excluding hydrogens is 287 g/mol. The van der Waals surface area contributed by atoms with Crippen molar-refractivity contribution >= 4 is 23.3 Å². The van der Waals surface area contributed by atoms with Crippen molar-refractivity contribution in [2.45, 2.75) is 5.51 Å². The second kappa shape index (κ2) is 6.45. The number of methoxy groups -OCH3 is 1. The maximum absolute atomic E-state index is 11.9. The number of rotatable bonds is 6. The van der Waals surface area contributed by atoms with Gasteiger partial charge in [0, 0.05) is 24.4 Å². The average Bonchev–Trinajstić information content (AvgIpc) is 2.33. The standard InChI is InChI=1S/C9H10F3N3O3S/c1-18-7-3-2-6(15(16)17)8(14-7)13-4-5-19-9(10,11)12/h2-3H,4-5H2,1H3,(H,13,14). The summed E-state index contributed by atoms with van der Waals surface area (Å²) in [5.41, 5.74) is -4.65. The zero-order chi connectivity index (χ0) is 14.5.